The molecule has 1 fully saturated rings. The standard InChI is InChI=1S/C22H23F2N5O2/c1-11(30)18-17(26-20-27-19(31)22(5-6-22)29(18)20)16-14(23)7-13(8-15(16)24)28-10-12(9-25-28)21(2,3)4/h7-11,18,30H,5-6H2,1-4H3. The van der Waals surface area contributed by atoms with Crippen LogP contribution in [-0.4, -0.2) is 55.1 Å². The van der Waals surface area contributed by atoms with Crippen molar-refractivity contribution in [3.63, 3.8) is 0 Å². The van der Waals surface area contributed by atoms with Gasteiger partial charge < -0.3 is 10.0 Å². The summed E-state index contributed by atoms with van der Waals surface area (Å²) in [6, 6.07) is 1.55. The Hall–Kier alpha value is -2.94. The van der Waals surface area contributed by atoms with E-state index in [9.17, 15) is 9.90 Å². The third-order valence-electron chi connectivity index (χ3n) is 6.23. The van der Waals surface area contributed by atoms with Gasteiger partial charge in [0.05, 0.1) is 29.3 Å². The highest BCUT2D eigenvalue weighted by Crippen LogP contribution is 2.50. The fourth-order valence-corrected chi connectivity index (χ4v) is 4.32. The summed E-state index contributed by atoms with van der Waals surface area (Å²) in [7, 11) is 0. The highest BCUT2D eigenvalue weighted by Gasteiger charge is 2.64. The van der Waals surface area contributed by atoms with E-state index in [0.717, 1.165) is 5.56 Å². The number of aromatic nitrogens is 2. The van der Waals surface area contributed by atoms with Crippen molar-refractivity contribution >= 4 is 17.6 Å². The lowest BCUT2D eigenvalue weighted by molar-refractivity contribution is -0.121. The molecule has 0 saturated heterocycles. The Morgan fingerprint density at radius 2 is 1.84 bits per heavy atom. The first kappa shape index (κ1) is 20.0. The molecule has 9 heteroatoms. The summed E-state index contributed by atoms with van der Waals surface area (Å²) in [5.41, 5.74) is -0.0734. The van der Waals surface area contributed by atoms with Gasteiger partial charge in [-0.2, -0.15) is 10.1 Å². The Bertz CT molecular complexity index is 1150. The lowest BCUT2D eigenvalue weighted by atomic mass is 9.90. The Morgan fingerprint density at radius 3 is 2.35 bits per heavy atom. The van der Waals surface area contributed by atoms with Crippen LogP contribution in [0.15, 0.2) is 34.5 Å². The number of aliphatic imine (C=N–C) groups is 2. The molecule has 1 aliphatic carbocycles. The predicted octanol–water partition coefficient (Wildman–Crippen LogP) is 2.73. The molecule has 0 radical (unpaired) electrons. The van der Waals surface area contributed by atoms with Gasteiger partial charge in [-0.1, -0.05) is 20.8 Å². The van der Waals surface area contributed by atoms with Crippen LogP contribution in [0.1, 0.15) is 51.7 Å². The summed E-state index contributed by atoms with van der Waals surface area (Å²) < 4.78 is 31.9. The number of aliphatic hydroxyl groups excluding tert-OH is 1. The molecule has 1 saturated carbocycles. The van der Waals surface area contributed by atoms with E-state index in [4.69, 9.17) is 0 Å². The van der Waals surface area contributed by atoms with Crippen molar-refractivity contribution in [1.29, 1.82) is 0 Å². The number of amides is 1. The minimum absolute atomic E-state index is 0.0462. The smallest absolute Gasteiger partial charge is 0.274 e. The summed E-state index contributed by atoms with van der Waals surface area (Å²) in [5, 5.41) is 14.7. The number of hydrogen-bond acceptors (Lipinski definition) is 5. The van der Waals surface area contributed by atoms with Gasteiger partial charge in [0.2, 0.25) is 5.96 Å². The number of hydrogen-bond donors (Lipinski definition) is 1. The van der Waals surface area contributed by atoms with Gasteiger partial charge in [-0.3, -0.25) is 4.79 Å². The van der Waals surface area contributed by atoms with Crippen molar-refractivity contribution in [2.45, 2.75) is 63.6 Å². The van der Waals surface area contributed by atoms with Crippen LogP contribution in [0.2, 0.25) is 0 Å². The number of fused-ring (bicyclic) bond motifs is 2. The number of rotatable bonds is 3. The molecule has 2 aromatic rings. The number of carbonyl (C=O) groups excluding carboxylic acids is 1. The van der Waals surface area contributed by atoms with E-state index < -0.39 is 29.3 Å². The van der Waals surface area contributed by atoms with Crippen LogP contribution >= 0.6 is 0 Å². The van der Waals surface area contributed by atoms with Gasteiger partial charge in [0.25, 0.3) is 5.91 Å². The summed E-state index contributed by atoms with van der Waals surface area (Å²) in [6.45, 7) is 7.60. The van der Waals surface area contributed by atoms with Crippen molar-refractivity contribution in [3.05, 3.63) is 47.3 Å². The second kappa shape index (κ2) is 6.29. The van der Waals surface area contributed by atoms with Crippen LogP contribution in [0.5, 0.6) is 0 Å². The molecule has 1 amide bonds. The van der Waals surface area contributed by atoms with E-state index in [1.54, 1.807) is 17.3 Å². The molecule has 1 N–H and O–H groups in total. The molecule has 1 aromatic heterocycles. The zero-order chi connectivity index (χ0) is 22.3. The third kappa shape index (κ3) is 2.86. The normalized spacial score (nSPS) is 22.6. The number of aliphatic hydroxyl groups is 1. The third-order valence-corrected chi connectivity index (χ3v) is 6.23. The molecule has 2 aliphatic heterocycles. The SMILES string of the molecule is CC(O)C1C(c2c(F)cc(-n3cc(C(C)(C)C)cn3)cc2F)=NC2=NC(=O)C3(CC3)N21. The Balaban J connectivity index is 1.57. The average molecular weight is 427 g/mol. The van der Waals surface area contributed by atoms with Gasteiger partial charge in [-0.15, -0.1) is 0 Å². The first-order valence-corrected chi connectivity index (χ1v) is 10.3. The molecule has 1 spiro atoms. The van der Waals surface area contributed by atoms with Crippen LogP contribution in [-0.2, 0) is 10.2 Å². The minimum Gasteiger partial charge on any atom is -0.391 e. The number of guanidine groups is 1. The largest absolute Gasteiger partial charge is 0.391 e. The molecule has 31 heavy (non-hydrogen) atoms. The molecule has 0 bridgehead atoms. The molecule has 7 nitrogen and oxygen atoms in total. The zero-order valence-corrected chi connectivity index (χ0v) is 17.7. The maximum atomic E-state index is 15.2. The fourth-order valence-electron chi connectivity index (χ4n) is 4.32. The minimum atomic E-state index is -1.01. The second-order valence-corrected chi connectivity index (χ2v) is 9.51. The van der Waals surface area contributed by atoms with Crippen molar-refractivity contribution in [1.82, 2.24) is 14.7 Å². The topological polar surface area (TPSA) is 83.1 Å². The molecule has 1 aromatic carbocycles. The van der Waals surface area contributed by atoms with Gasteiger partial charge in [-0.05, 0) is 30.7 Å². The summed E-state index contributed by atoms with van der Waals surface area (Å²) in [6.07, 6.45) is 3.59. The van der Waals surface area contributed by atoms with Gasteiger partial charge in [-0.25, -0.2) is 18.5 Å². The molecule has 3 aliphatic rings. The average Bonchev–Trinajstić information content (AvgIpc) is 3.03. The second-order valence-electron chi connectivity index (χ2n) is 9.51. The number of carbonyl (C=O) groups is 1. The molecule has 2 unspecified atom stereocenters. The molecular weight excluding hydrogens is 404 g/mol. The Morgan fingerprint density at radius 1 is 1.19 bits per heavy atom. The van der Waals surface area contributed by atoms with Gasteiger partial charge >= 0.3 is 0 Å². The quantitative estimate of drug-likeness (QED) is 0.817. The fraction of sp³-hybridized carbons (Fsp3) is 0.455. The first-order valence-electron chi connectivity index (χ1n) is 10.3. The van der Waals surface area contributed by atoms with Crippen LogP contribution < -0.4 is 0 Å². The van der Waals surface area contributed by atoms with Gasteiger partial charge in [0.15, 0.2) is 0 Å². The molecule has 5 rings (SSSR count). The van der Waals surface area contributed by atoms with E-state index in [2.05, 4.69) is 15.1 Å². The Kier molecular flexibility index (Phi) is 4.05. The first-order chi connectivity index (χ1) is 14.5. The van der Waals surface area contributed by atoms with Crippen molar-refractivity contribution in [2.75, 3.05) is 0 Å². The maximum absolute atomic E-state index is 15.2. The van der Waals surface area contributed by atoms with E-state index in [-0.39, 0.29) is 34.2 Å². The monoisotopic (exact) mass is 427 g/mol. The highest BCUT2D eigenvalue weighted by atomic mass is 19.1. The lowest BCUT2D eigenvalue weighted by Gasteiger charge is -2.31. The maximum Gasteiger partial charge on any atom is 0.274 e. The number of halogens is 2. The molecule has 162 valence electrons. The van der Waals surface area contributed by atoms with Crippen LogP contribution in [0, 0.1) is 11.6 Å². The van der Waals surface area contributed by atoms with Crippen LogP contribution in [0.4, 0.5) is 8.78 Å². The molecule has 2 atom stereocenters. The zero-order valence-electron chi connectivity index (χ0n) is 17.7. The van der Waals surface area contributed by atoms with Crippen molar-refractivity contribution in [2.24, 2.45) is 9.98 Å². The Labute approximate surface area is 178 Å². The van der Waals surface area contributed by atoms with Crippen LogP contribution in [0.3, 0.4) is 0 Å². The summed E-state index contributed by atoms with van der Waals surface area (Å²) in [5.74, 6) is -1.82. The van der Waals surface area contributed by atoms with Crippen LogP contribution in [0.25, 0.3) is 5.69 Å². The van der Waals surface area contributed by atoms with Gasteiger partial charge in [0.1, 0.15) is 23.2 Å². The lowest BCUT2D eigenvalue weighted by Crippen LogP contribution is -2.51. The predicted molar refractivity (Wildman–Crippen MR) is 110 cm³/mol. The summed E-state index contributed by atoms with van der Waals surface area (Å²) in [4.78, 5) is 22.1. The molecule has 3 heterocycles. The highest BCUT2D eigenvalue weighted by molar-refractivity contribution is 6.21. The van der Waals surface area contributed by atoms with E-state index >= 15 is 8.78 Å². The van der Waals surface area contributed by atoms with Crippen molar-refractivity contribution < 1.29 is 18.7 Å². The molecular formula is C22H23F2N5O2. The van der Waals surface area contributed by atoms with Gasteiger partial charge in [0, 0.05) is 18.3 Å². The van der Waals surface area contributed by atoms with E-state index in [0.29, 0.717) is 12.8 Å². The van der Waals surface area contributed by atoms with E-state index in [1.165, 1.54) is 23.7 Å². The number of benzene rings is 1. The number of nitrogens with zero attached hydrogens (tertiary/aromatic N) is 5. The summed E-state index contributed by atoms with van der Waals surface area (Å²) >= 11 is 0. The van der Waals surface area contributed by atoms with Crippen molar-refractivity contribution in [3.8, 4) is 5.69 Å². The van der Waals surface area contributed by atoms with E-state index in [1.807, 2.05) is 20.8 Å².